The summed E-state index contributed by atoms with van der Waals surface area (Å²) >= 11 is 9.17. The number of aromatic nitrogens is 1. The Hall–Kier alpha value is -3.13. The molecule has 3 fully saturated rings. The van der Waals surface area contributed by atoms with E-state index in [0.717, 1.165) is 22.0 Å². The van der Waals surface area contributed by atoms with E-state index in [-0.39, 0.29) is 57.4 Å². The van der Waals surface area contributed by atoms with Crippen molar-refractivity contribution in [2.45, 2.75) is 22.6 Å². The van der Waals surface area contributed by atoms with Gasteiger partial charge in [0, 0.05) is 21.1 Å². The van der Waals surface area contributed by atoms with E-state index in [9.17, 15) is 14.4 Å². The van der Waals surface area contributed by atoms with Crippen LogP contribution in [-0.2, 0) is 9.59 Å². The molecule has 2 saturated carbocycles. The number of anilines is 1. The smallest absolute Gasteiger partial charge is 0.274 e. The summed E-state index contributed by atoms with van der Waals surface area (Å²) in [6.45, 7) is 0. The van der Waals surface area contributed by atoms with Crippen molar-refractivity contribution in [3.63, 3.8) is 0 Å². The molecule has 0 spiro atoms. The molecule has 8 heteroatoms. The summed E-state index contributed by atoms with van der Waals surface area (Å²) < 4.78 is 1.85. The van der Waals surface area contributed by atoms with Gasteiger partial charge in [0.25, 0.3) is 0 Å². The summed E-state index contributed by atoms with van der Waals surface area (Å²) in [5, 5.41) is 1.71. The van der Waals surface area contributed by atoms with Gasteiger partial charge in [-0.25, -0.2) is 0 Å². The molecule has 8 rings (SSSR count). The topological polar surface area (TPSA) is 59.4 Å². The van der Waals surface area contributed by atoms with Gasteiger partial charge in [-0.05, 0) is 66.1 Å². The third-order valence-electron chi connectivity index (χ3n) is 9.13. The summed E-state index contributed by atoms with van der Waals surface area (Å²) in [7, 11) is 0. The monoisotopic (exact) mass is 570 g/mol. The number of rotatable bonds is 3. The lowest BCUT2D eigenvalue weighted by Crippen LogP contribution is -2.43. The molecule has 39 heavy (non-hydrogen) atoms. The molecule has 2 amide bonds. The largest absolute Gasteiger partial charge is 0.312 e. The zero-order valence-electron chi connectivity index (χ0n) is 20.6. The number of halogens is 1. The molecular weight excluding hydrogens is 548 g/mol. The highest BCUT2D eigenvalue weighted by molar-refractivity contribution is 8.00. The maximum Gasteiger partial charge on any atom is 0.312 e. The predicted molar refractivity (Wildman–Crippen MR) is 154 cm³/mol. The van der Waals surface area contributed by atoms with Gasteiger partial charge in [0.1, 0.15) is 0 Å². The Balaban J connectivity index is 1.26. The number of hydrogen-bond donors (Lipinski definition) is 0. The Bertz CT molecular complexity index is 1680. The molecule has 0 N–H and O–H groups in total. The van der Waals surface area contributed by atoms with Gasteiger partial charge in [-0.1, -0.05) is 71.5 Å². The van der Waals surface area contributed by atoms with Gasteiger partial charge >= 0.3 is 4.87 Å². The first-order valence-electron chi connectivity index (χ1n) is 13.2. The molecule has 0 radical (unpaired) electrons. The molecule has 7 atom stereocenters. The summed E-state index contributed by atoms with van der Waals surface area (Å²) in [6.07, 6.45) is 0.872. The molecule has 3 heterocycles. The minimum atomic E-state index is -0.319. The first-order chi connectivity index (χ1) is 19.0. The number of imide groups is 1. The fourth-order valence-corrected chi connectivity index (χ4v) is 11.0. The predicted octanol–water partition coefficient (Wildman–Crippen LogP) is 6.23. The average Bonchev–Trinajstić information content (AvgIpc) is 3.68. The quantitative estimate of drug-likeness (QED) is 0.274. The average molecular weight is 571 g/mol. The maximum atomic E-state index is 13.9. The molecule has 1 aromatic heterocycles. The van der Waals surface area contributed by atoms with E-state index in [4.69, 9.17) is 11.6 Å². The molecule has 1 saturated heterocycles. The van der Waals surface area contributed by atoms with E-state index < -0.39 is 0 Å². The Morgan fingerprint density at radius 1 is 0.744 bits per heavy atom. The fourth-order valence-electron chi connectivity index (χ4n) is 7.75. The zero-order valence-corrected chi connectivity index (χ0v) is 23.0. The van der Waals surface area contributed by atoms with Crippen molar-refractivity contribution in [3.05, 3.63) is 110 Å². The third-order valence-corrected chi connectivity index (χ3v) is 12.1. The zero-order chi connectivity index (χ0) is 26.4. The van der Waals surface area contributed by atoms with Crippen LogP contribution in [-0.4, -0.2) is 21.6 Å². The lowest BCUT2D eigenvalue weighted by Gasteiger charge is -2.43. The minimum Gasteiger partial charge on any atom is -0.274 e. The van der Waals surface area contributed by atoms with Crippen LogP contribution >= 0.6 is 34.7 Å². The van der Waals surface area contributed by atoms with Gasteiger partial charge in [0.05, 0.1) is 28.2 Å². The van der Waals surface area contributed by atoms with E-state index in [0.29, 0.717) is 10.7 Å². The highest BCUT2D eigenvalue weighted by Crippen LogP contribution is 2.69. The number of fused-ring (bicyclic) bond motifs is 9. The number of thioether (sulfide) groups is 1. The lowest BCUT2D eigenvalue weighted by molar-refractivity contribution is -0.123. The van der Waals surface area contributed by atoms with Crippen LogP contribution in [0.4, 0.5) is 5.69 Å². The number of carbonyl (C=O) groups is 2. The Morgan fingerprint density at radius 3 is 2.08 bits per heavy atom. The van der Waals surface area contributed by atoms with Crippen LogP contribution in [0.3, 0.4) is 0 Å². The highest BCUT2D eigenvalue weighted by Gasteiger charge is 2.69. The van der Waals surface area contributed by atoms with Crippen LogP contribution in [0.2, 0.25) is 5.02 Å². The second kappa shape index (κ2) is 8.68. The van der Waals surface area contributed by atoms with Crippen molar-refractivity contribution < 1.29 is 9.59 Å². The second-order valence-electron chi connectivity index (χ2n) is 10.9. The van der Waals surface area contributed by atoms with Crippen molar-refractivity contribution in [3.8, 4) is 5.69 Å². The maximum absolute atomic E-state index is 13.9. The van der Waals surface area contributed by atoms with Gasteiger partial charge in [-0.15, -0.1) is 11.8 Å². The van der Waals surface area contributed by atoms with Gasteiger partial charge in [0.15, 0.2) is 0 Å². The SMILES string of the molecule is O=C1C2C3CC(C2C(=O)N1c1ccc(Cl)cc1)C1C(c2ccccc2)c2sc(=O)n(-c4ccccc4)c2SC31. The standard InChI is InChI=1S/C31H23ClN2O3S2/c32-17-11-13-19(14-12-17)33-28(35)24-20-15-21(25(24)29(33)36)26-23(20)22(16-7-3-1-4-8-16)27-30(38-26)34(31(37)39-27)18-9-5-2-6-10-18/h1-14,20-26H,15H2. The Kier molecular flexibility index (Phi) is 5.28. The number of nitrogens with zero attached hydrogens (tertiary/aromatic N) is 2. The van der Waals surface area contributed by atoms with Gasteiger partial charge in [0.2, 0.25) is 11.8 Å². The number of para-hydroxylation sites is 1. The second-order valence-corrected chi connectivity index (χ2v) is 13.5. The van der Waals surface area contributed by atoms with Crippen molar-refractivity contribution in [1.29, 1.82) is 0 Å². The fraction of sp³-hybridized carbons (Fsp3) is 0.258. The van der Waals surface area contributed by atoms with Gasteiger partial charge in [-0.2, -0.15) is 0 Å². The molecule has 3 aromatic carbocycles. The normalized spacial score (nSPS) is 30.4. The van der Waals surface area contributed by atoms with E-state index >= 15 is 0 Å². The van der Waals surface area contributed by atoms with Gasteiger partial charge in [-0.3, -0.25) is 23.9 Å². The van der Waals surface area contributed by atoms with Crippen LogP contribution in [0.15, 0.2) is 94.7 Å². The summed E-state index contributed by atoms with van der Waals surface area (Å²) in [6, 6.07) is 27.1. The molecule has 2 aliphatic heterocycles. The number of hydrogen-bond acceptors (Lipinski definition) is 5. The van der Waals surface area contributed by atoms with E-state index in [2.05, 4.69) is 12.1 Å². The number of carbonyl (C=O) groups excluding carboxylic acids is 2. The van der Waals surface area contributed by atoms with Crippen LogP contribution < -0.4 is 9.77 Å². The lowest BCUT2D eigenvalue weighted by atomic mass is 9.68. The van der Waals surface area contributed by atoms with Crippen molar-refractivity contribution in [1.82, 2.24) is 4.57 Å². The third kappa shape index (κ3) is 3.30. The first-order valence-corrected chi connectivity index (χ1v) is 15.3. The van der Waals surface area contributed by atoms with Crippen molar-refractivity contribution in [2.24, 2.45) is 29.6 Å². The molecule has 7 unspecified atom stereocenters. The summed E-state index contributed by atoms with van der Waals surface area (Å²) in [5.41, 5.74) is 2.63. The van der Waals surface area contributed by atoms with E-state index in [1.54, 1.807) is 36.0 Å². The number of thiazole rings is 1. The summed E-state index contributed by atoms with van der Waals surface area (Å²) in [5.74, 6) is -0.447. The van der Waals surface area contributed by atoms with Crippen LogP contribution in [0.5, 0.6) is 0 Å². The van der Waals surface area contributed by atoms with Crippen molar-refractivity contribution >= 4 is 52.2 Å². The summed E-state index contributed by atoms with van der Waals surface area (Å²) in [4.78, 5) is 43.7. The number of benzene rings is 3. The Morgan fingerprint density at radius 2 is 1.38 bits per heavy atom. The van der Waals surface area contributed by atoms with Gasteiger partial charge < -0.3 is 0 Å². The minimum absolute atomic E-state index is 0.00760. The molecule has 5 nitrogen and oxygen atoms in total. The molecule has 2 bridgehead atoms. The van der Waals surface area contributed by atoms with E-state index in [1.165, 1.54) is 21.8 Å². The molecule has 194 valence electrons. The van der Waals surface area contributed by atoms with Crippen molar-refractivity contribution in [2.75, 3.05) is 4.90 Å². The molecule has 4 aromatic rings. The highest BCUT2D eigenvalue weighted by atomic mass is 35.5. The Labute approximate surface area is 238 Å². The van der Waals surface area contributed by atoms with Crippen LogP contribution in [0.25, 0.3) is 5.69 Å². The van der Waals surface area contributed by atoms with E-state index in [1.807, 2.05) is 53.1 Å². The molecule has 4 aliphatic rings. The molecule has 2 aliphatic carbocycles. The number of amides is 2. The first kappa shape index (κ1) is 23.7. The van der Waals surface area contributed by atoms with Crippen LogP contribution in [0, 0.1) is 29.6 Å². The van der Waals surface area contributed by atoms with Crippen LogP contribution in [0.1, 0.15) is 22.8 Å². The molecular formula is C31H23ClN2O3S2.